The van der Waals surface area contributed by atoms with Gasteiger partial charge < -0.3 is 15.4 Å². The van der Waals surface area contributed by atoms with Gasteiger partial charge >= 0.3 is 0 Å². The van der Waals surface area contributed by atoms with E-state index >= 15 is 0 Å². The van der Waals surface area contributed by atoms with Crippen LogP contribution in [-0.2, 0) is 4.74 Å². The first-order valence-electron chi connectivity index (χ1n) is 6.83. The van der Waals surface area contributed by atoms with Crippen LogP contribution in [0.25, 0.3) is 0 Å². The molecule has 2 heterocycles. The lowest BCUT2D eigenvalue weighted by Gasteiger charge is -2.29. The van der Waals surface area contributed by atoms with Gasteiger partial charge in [-0.15, -0.1) is 5.10 Å². The summed E-state index contributed by atoms with van der Waals surface area (Å²) < 4.78 is 19.5. The number of morpholine rings is 1. The number of amides is 1. The van der Waals surface area contributed by atoms with Crippen LogP contribution in [0.1, 0.15) is 21.7 Å². The van der Waals surface area contributed by atoms with Crippen molar-refractivity contribution in [1.29, 1.82) is 0 Å². The predicted molar refractivity (Wildman–Crippen MR) is 76.8 cm³/mol. The molecular weight excluding hydrogens is 289 g/mol. The van der Waals surface area contributed by atoms with Gasteiger partial charge in [0.05, 0.1) is 18.9 Å². The monoisotopic (exact) mass is 304 g/mol. The average Bonchev–Trinajstić information content (AvgIpc) is 2.96. The zero-order chi connectivity index (χ0) is 15.5. The van der Waals surface area contributed by atoms with Crippen LogP contribution >= 0.6 is 0 Å². The third-order valence-corrected chi connectivity index (χ3v) is 3.45. The Morgan fingerprint density at radius 3 is 2.86 bits per heavy atom. The van der Waals surface area contributed by atoms with Crippen LogP contribution < -0.4 is 10.6 Å². The van der Waals surface area contributed by atoms with Crippen LogP contribution in [0, 0.1) is 12.2 Å². The molecule has 1 amide bonds. The smallest absolute Gasteiger partial charge is 0.268 e. The standard InChI is InChI=1S/C14H15FN5O2/c15-10-7-9(8-11-13(14(16)21)18-19-17-11)1-2-12(10)20-3-5-22-6-4-20/h1-2,7-8H,3-6H2,(H2,16,21)(H,17,18,19). The van der Waals surface area contributed by atoms with Crippen LogP contribution in [0.5, 0.6) is 0 Å². The molecule has 22 heavy (non-hydrogen) atoms. The minimum Gasteiger partial charge on any atom is -0.378 e. The molecule has 0 atom stereocenters. The molecule has 1 radical (unpaired) electrons. The molecule has 0 aliphatic carbocycles. The van der Waals surface area contributed by atoms with E-state index in [1.165, 1.54) is 6.07 Å². The molecule has 7 nitrogen and oxygen atoms in total. The van der Waals surface area contributed by atoms with E-state index in [4.69, 9.17) is 10.5 Å². The lowest BCUT2D eigenvalue weighted by molar-refractivity contribution is 0.0995. The average molecular weight is 304 g/mol. The number of H-pyrrole nitrogens is 1. The maximum atomic E-state index is 14.3. The van der Waals surface area contributed by atoms with Gasteiger partial charge in [-0.3, -0.25) is 9.89 Å². The van der Waals surface area contributed by atoms with Gasteiger partial charge in [-0.25, -0.2) is 4.39 Å². The van der Waals surface area contributed by atoms with Gasteiger partial charge in [-0.2, -0.15) is 0 Å². The predicted octanol–water partition coefficient (Wildman–Crippen LogP) is 0.480. The third-order valence-electron chi connectivity index (χ3n) is 3.45. The Labute approximate surface area is 126 Å². The summed E-state index contributed by atoms with van der Waals surface area (Å²) in [6, 6.07) is 4.86. The molecule has 1 aromatic carbocycles. The highest BCUT2D eigenvalue weighted by atomic mass is 19.1. The Morgan fingerprint density at radius 2 is 2.18 bits per heavy atom. The fourth-order valence-electron chi connectivity index (χ4n) is 2.35. The maximum Gasteiger partial charge on any atom is 0.268 e. The molecular formula is C14H15FN5O2. The van der Waals surface area contributed by atoms with Crippen molar-refractivity contribution in [1.82, 2.24) is 15.4 Å². The lowest BCUT2D eigenvalue weighted by atomic mass is 10.1. The molecule has 1 fully saturated rings. The number of primary amides is 1. The number of halogens is 1. The zero-order valence-corrected chi connectivity index (χ0v) is 11.8. The molecule has 0 bridgehead atoms. The number of benzene rings is 1. The Bertz CT molecular complexity index is 682. The molecule has 1 aliphatic heterocycles. The van der Waals surface area contributed by atoms with Crippen molar-refractivity contribution in [3.8, 4) is 0 Å². The highest BCUT2D eigenvalue weighted by Gasteiger charge is 2.17. The summed E-state index contributed by atoms with van der Waals surface area (Å²) in [5, 5.41) is 9.71. The molecule has 1 aromatic heterocycles. The van der Waals surface area contributed by atoms with Crippen molar-refractivity contribution < 1.29 is 13.9 Å². The molecule has 2 aromatic rings. The number of nitrogens with two attached hydrogens (primary N) is 1. The van der Waals surface area contributed by atoms with Crippen molar-refractivity contribution in [3.05, 3.63) is 47.4 Å². The Balaban J connectivity index is 1.79. The summed E-state index contributed by atoms with van der Waals surface area (Å²) in [5.41, 5.74) is 6.69. The number of carbonyl (C=O) groups excluding carboxylic acids is 1. The third kappa shape index (κ3) is 2.91. The fraction of sp³-hybridized carbons (Fsp3) is 0.286. The van der Waals surface area contributed by atoms with Gasteiger partial charge in [-0.1, -0.05) is 11.3 Å². The number of aromatic nitrogens is 3. The number of anilines is 1. The normalized spacial score (nSPS) is 15.0. The molecule has 0 unspecified atom stereocenters. The van der Waals surface area contributed by atoms with Gasteiger partial charge in [-0.05, 0) is 17.7 Å². The number of hydrogen-bond acceptors (Lipinski definition) is 5. The lowest BCUT2D eigenvalue weighted by Crippen LogP contribution is -2.36. The van der Waals surface area contributed by atoms with Gasteiger partial charge in [0, 0.05) is 19.5 Å². The van der Waals surface area contributed by atoms with Crippen LogP contribution in [0.3, 0.4) is 0 Å². The van der Waals surface area contributed by atoms with E-state index < -0.39 is 5.91 Å². The van der Waals surface area contributed by atoms with E-state index in [9.17, 15) is 9.18 Å². The number of hydrogen-bond donors (Lipinski definition) is 2. The van der Waals surface area contributed by atoms with Crippen molar-refractivity contribution in [2.24, 2.45) is 5.73 Å². The summed E-state index contributed by atoms with van der Waals surface area (Å²) in [5.74, 6) is -0.999. The highest BCUT2D eigenvalue weighted by molar-refractivity contribution is 5.92. The van der Waals surface area contributed by atoms with Crippen LogP contribution in [0.2, 0.25) is 0 Å². The molecule has 0 saturated carbocycles. The van der Waals surface area contributed by atoms with E-state index in [1.807, 2.05) is 4.90 Å². The quantitative estimate of drug-likeness (QED) is 0.856. The number of nitrogens with zero attached hydrogens (tertiary/aromatic N) is 3. The number of carbonyl (C=O) groups is 1. The largest absolute Gasteiger partial charge is 0.378 e. The topological polar surface area (TPSA) is 97.1 Å². The summed E-state index contributed by atoms with van der Waals surface area (Å²) >= 11 is 0. The summed E-state index contributed by atoms with van der Waals surface area (Å²) in [4.78, 5) is 13.1. The van der Waals surface area contributed by atoms with E-state index in [1.54, 1.807) is 18.6 Å². The van der Waals surface area contributed by atoms with Crippen molar-refractivity contribution in [2.45, 2.75) is 0 Å². The van der Waals surface area contributed by atoms with E-state index in [0.717, 1.165) is 0 Å². The van der Waals surface area contributed by atoms with Gasteiger partial charge in [0.15, 0.2) is 0 Å². The second-order valence-electron chi connectivity index (χ2n) is 4.89. The second-order valence-corrected chi connectivity index (χ2v) is 4.89. The molecule has 115 valence electrons. The maximum absolute atomic E-state index is 14.3. The minimum absolute atomic E-state index is 0.0951. The van der Waals surface area contributed by atoms with E-state index in [2.05, 4.69) is 15.4 Å². The number of nitrogens with one attached hydrogen (secondary N) is 1. The molecule has 8 heteroatoms. The number of rotatable bonds is 4. The molecule has 1 aliphatic rings. The zero-order valence-electron chi connectivity index (χ0n) is 11.8. The Kier molecular flexibility index (Phi) is 4.01. The Morgan fingerprint density at radius 1 is 1.41 bits per heavy atom. The second kappa shape index (κ2) is 6.10. The van der Waals surface area contributed by atoms with E-state index in [-0.39, 0.29) is 17.2 Å². The van der Waals surface area contributed by atoms with E-state index in [0.29, 0.717) is 37.6 Å². The van der Waals surface area contributed by atoms with Crippen LogP contribution in [0.4, 0.5) is 10.1 Å². The fourth-order valence-corrected chi connectivity index (χ4v) is 2.35. The molecule has 0 spiro atoms. The molecule has 3 rings (SSSR count). The SMILES string of the molecule is NC(=O)c1[nH]nnc1[CH]c1ccc(N2CCOCC2)c(F)c1. The number of aromatic amines is 1. The summed E-state index contributed by atoms with van der Waals surface area (Å²) in [7, 11) is 0. The van der Waals surface area contributed by atoms with Crippen molar-refractivity contribution >= 4 is 11.6 Å². The first-order chi connectivity index (χ1) is 10.6. The van der Waals surface area contributed by atoms with Gasteiger partial charge in [0.25, 0.3) is 5.91 Å². The number of ether oxygens (including phenoxy) is 1. The Hall–Kier alpha value is -2.48. The molecule has 3 N–H and O–H groups in total. The van der Waals surface area contributed by atoms with Gasteiger partial charge in [0.1, 0.15) is 17.2 Å². The van der Waals surface area contributed by atoms with Crippen LogP contribution in [0.15, 0.2) is 18.2 Å². The minimum atomic E-state index is -0.665. The van der Waals surface area contributed by atoms with Gasteiger partial charge in [0.2, 0.25) is 0 Å². The van der Waals surface area contributed by atoms with Crippen molar-refractivity contribution in [2.75, 3.05) is 31.2 Å². The first kappa shape index (κ1) is 14.5. The summed E-state index contributed by atoms with van der Waals surface area (Å²) in [6.45, 7) is 2.51. The van der Waals surface area contributed by atoms with Crippen molar-refractivity contribution in [3.63, 3.8) is 0 Å². The van der Waals surface area contributed by atoms with Crippen LogP contribution in [-0.4, -0.2) is 47.6 Å². The highest BCUT2D eigenvalue weighted by Crippen LogP contribution is 2.23. The summed E-state index contributed by atoms with van der Waals surface area (Å²) in [6.07, 6.45) is 1.55. The molecule has 1 saturated heterocycles. The first-order valence-corrected chi connectivity index (χ1v) is 6.83.